The third-order valence-electron chi connectivity index (χ3n) is 6.01. The Labute approximate surface area is 119 Å². The Morgan fingerprint density at radius 3 is 2.42 bits per heavy atom. The van der Waals surface area contributed by atoms with E-state index in [0.29, 0.717) is 11.0 Å². The maximum absolute atomic E-state index is 3.84. The first-order chi connectivity index (χ1) is 9.01. The van der Waals surface area contributed by atoms with Crippen LogP contribution in [0.4, 0.5) is 0 Å². The number of fused-ring (bicyclic) bond motifs is 2. The highest BCUT2D eigenvalue weighted by Gasteiger charge is 2.52. The van der Waals surface area contributed by atoms with Gasteiger partial charge in [-0.25, -0.2) is 0 Å². The molecule has 1 spiro atoms. The zero-order chi connectivity index (χ0) is 13.5. The van der Waals surface area contributed by atoms with Crippen LogP contribution in [0, 0.1) is 11.3 Å². The maximum Gasteiger partial charge on any atom is 0.0339 e. The predicted molar refractivity (Wildman–Crippen MR) is 81.4 cm³/mol. The highest BCUT2D eigenvalue weighted by atomic mass is 15.3. The molecular formula is C17H32N2. The van der Waals surface area contributed by atoms with E-state index in [4.69, 9.17) is 0 Å². The van der Waals surface area contributed by atoms with E-state index in [1.165, 1.54) is 64.6 Å². The van der Waals surface area contributed by atoms with Gasteiger partial charge in [0, 0.05) is 24.7 Å². The minimum Gasteiger partial charge on any atom is -0.308 e. The molecule has 2 nitrogen and oxygen atoms in total. The lowest BCUT2D eigenvalue weighted by Gasteiger charge is -2.43. The molecule has 3 aliphatic rings. The Kier molecular flexibility index (Phi) is 3.68. The summed E-state index contributed by atoms with van der Waals surface area (Å²) < 4.78 is 0. The summed E-state index contributed by atoms with van der Waals surface area (Å²) in [7, 11) is 0. The van der Waals surface area contributed by atoms with Crippen molar-refractivity contribution in [1.29, 1.82) is 0 Å². The van der Waals surface area contributed by atoms with Crippen molar-refractivity contribution in [3.63, 3.8) is 0 Å². The second-order valence-electron chi connectivity index (χ2n) is 8.27. The average Bonchev–Trinajstić information content (AvgIpc) is 3.07. The third-order valence-corrected chi connectivity index (χ3v) is 6.01. The summed E-state index contributed by atoms with van der Waals surface area (Å²) in [6.07, 6.45) is 10.0. The molecule has 0 radical (unpaired) electrons. The Hall–Kier alpha value is -0.0800. The lowest BCUT2D eigenvalue weighted by Crippen LogP contribution is -2.59. The van der Waals surface area contributed by atoms with Gasteiger partial charge in [-0.05, 0) is 50.0 Å². The van der Waals surface area contributed by atoms with Gasteiger partial charge in [0.05, 0.1) is 0 Å². The molecule has 2 saturated heterocycles. The number of nitrogens with zero attached hydrogens (tertiary/aromatic N) is 1. The monoisotopic (exact) mass is 264 g/mol. The van der Waals surface area contributed by atoms with Crippen LogP contribution < -0.4 is 5.32 Å². The summed E-state index contributed by atoms with van der Waals surface area (Å²) in [5.74, 6) is 0.913. The van der Waals surface area contributed by atoms with E-state index < -0.39 is 0 Å². The summed E-state index contributed by atoms with van der Waals surface area (Å²) in [6, 6.07) is 0.847. The fourth-order valence-electron chi connectivity index (χ4n) is 4.50. The molecule has 3 rings (SSSR count). The molecule has 2 heteroatoms. The van der Waals surface area contributed by atoms with Gasteiger partial charge < -0.3 is 5.32 Å². The first kappa shape index (κ1) is 13.9. The van der Waals surface area contributed by atoms with Crippen LogP contribution in [0.1, 0.15) is 65.7 Å². The van der Waals surface area contributed by atoms with Gasteiger partial charge >= 0.3 is 0 Å². The number of hydrogen-bond donors (Lipinski definition) is 1. The summed E-state index contributed by atoms with van der Waals surface area (Å²) in [5.41, 5.74) is 1.03. The van der Waals surface area contributed by atoms with Crippen LogP contribution in [0.5, 0.6) is 0 Å². The van der Waals surface area contributed by atoms with Crippen LogP contribution in [0.2, 0.25) is 0 Å². The molecule has 1 aliphatic carbocycles. The number of hydrogen-bond acceptors (Lipinski definition) is 2. The van der Waals surface area contributed by atoms with Crippen molar-refractivity contribution in [3.8, 4) is 0 Å². The highest BCUT2D eigenvalue weighted by molar-refractivity contribution is 5.13. The molecule has 0 aromatic carbocycles. The van der Waals surface area contributed by atoms with Gasteiger partial charge in [-0.2, -0.15) is 0 Å². The van der Waals surface area contributed by atoms with Crippen molar-refractivity contribution < 1.29 is 0 Å². The Bertz CT molecular complexity index is 314. The van der Waals surface area contributed by atoms with E-state index in [0.717, 1.165) is 12.0 Å². The molecule has 1 saturated carbocycles. The van der Waals surface area contributed by atoms with Crippen molar-refractivity contribution in [2.45, 2.75) is 77.3 Å². The second-order valence-corrected chi connectivity index (χ2v) is 8.27. The van der Waals surface area contributed by atoms with Crippen molar-refractivity contribution in [1.82, 2.24) is 10.2 Å². The normalized spacial score (nSPS) is 36.2. The van der Waals surface area contributed by atoms with Gasteiger partial charge in [0.15, 0.2) is 0 Å². The first-order valence-electron chi connectivity index (χ1n) is 8.50. The fourth-order valence-corrected chi connectivity index (χ4v) is 4.50. The van der Waals surface area contributed by atoms with Gasteiger partial charge in [-0.1, -0.05) is 33.6 Å². The lowest BCUT2D eigenvalue weighted by atomic mass is 9.76. The summed E-state index contributed by atoms with van der Waals surface area (Å²) in [5, 5.41) is 3.84. The largest absolute Gasteiger partial charge is 0.308 e. The van der Waals surface area contributed by atoms with Crippen LogP contribution in [0.15, 0.2) is 0 Å². The quantitative estimate of drug-likeness (QED) is 0.721. The lowest BCUT2D eigenvalue weighted by molar-refractivity contribution is 0.0888. The van der Waals surface area contributed by atoms with Crippen LogP contribution >= 0.6 is 0 Å². The van der Waals surface area contributed by atoms with E-state index in [1.54, 1.807) is 0 Å². The van der Waals surface area contributed by atoms with Gasteiger partial charge in [-0.15, -0.1) is 0 Å². The van der Waals surface area contributed by atoms with E-state index in [2.05, 4.69) is 31.0 Å². The molecule has 3 fully saturated rings. The molecule has 19 heavy (non-hydrogen) atoms. The SMILES string of the molecule is CC(C)(C)C1CCCCC2N(CCNC23CC3)CC1. The molecule has 0 aromatic rings. The molecule has 0 amide bonds. The van der Waals surface area contributed by atoms with Crippen molar-refractivity contribution >= 4 is 0 Å². The molecule has 0 bridgehead atoms. The summed E-state index contributed by atoms with van der Waals surface area (Å²) >= 11 is 0. The number of piperazine rings is 1. The van der Waals surface area contributed by atoms with Crippen LogP contribution in [-0.2, 0) is 0 Å². The van der Waals surface area contributed by atoms with Crippen molar-refractivity contribution in [2.75, 3.05) is 19.6 Å². The highest BCUT2D eigenvalue weighted by Crippen LogP contribution is 2.45. The number of nitrogens with one attached hydrogen (secondary N) is 1. The predicted octanol–water partition coefficient (Wildman–Crippen LogP) is 3.42. The standard InChI is InChI=1S/C17H32N2/c1-16(2,3)14-6-4-5-7-15-17(9-10-17)18-11-13-19(15)12-8-14/h14-15,18H,4-13H2,1-3H3. The smallest absolute Gasteiger partial charge is 0.0339 e. The van der Waals surface area contributed by atoms with Gasteiger partial charge in [0.2, 0.25) is 0 Å². The summed E-state index contributed by atoms with van der Waals surface area (Å²) in [4.78, 5) is 2.84. The van der Waals surface area contributed by atoms with Crippen LogP contribution in [0.3, 0.4) is 0 Å². The Morgan fingerprint density at radius 1 is 1.00 bits per heavy atom. The van der Waals surface area contributed by atoms with E-state index in [-0.39, 0.29) is 0 Å². The molecule has 2 unspecified atom stereocenters. The third kappa shape index (κ3) is 2.85. The van der Waals surface area contributed by atoms with E-state index in [9.17, 15) is 0 Å². The van der Waals surface area contributed by atoms with Crippen LogP contribution in [0.25, 0.3) is 0 Å². The minimum atomic E-state index is 0.491. The molecular weight excluding hydrogens is 232 g/mol. The van der Waals surface area contributed by atoms with Crippen molar-refractivity contribution in [2.24, 2.45) is 11.3 Å². The maximum atomic E-state index is 3.84. The zero-order valence-electron chi connectivity index (χ0n) is 13.2. The van der Waals surface area contributed by atoms with E-state index >= 15 is 0 Å². The molecule has 2 heterocycles. The second kappa shape index (κ2) is 5.04. The van der Waals surface area contributed by atoms with E-state index in [1.807, 2.05) is 0 Å². The average molecular weight is 264 g/mol. The summed E-state index contributed by atoms with van der Waals surface area (Å²) in [6.45, 7) is 11.2. The molecule has 1 N–H and O–H groups in total. The molecule has 110 valence electrons. The van der Waals surface area contributed by atoms with Gasteiger partial charge in [-0.3, -0.25) is 4.90 Å². The molecule has 0 aromatic heterocycles. The van der Waals surface area contributed by atoms with Gasteiger partial charge in [0.1, 0.15) is 0 Å². The topological polar surface area (TPSA) is 15.3 Å². The minimum absolute atomic E-state index is 0.491. The first-order valence-corrected chi connectivity index (χ1v) is 8.50. The van der Waals surface area contributed by atoms with Crippen molar-refractivity contribution in [3.05, 3.63) is 0 Å². The fraction of sp³-hybridized carbons (Fsp3) is 1.00. The Balaban J connectivity index is 1.69. The molecule has 2 atom stereocenters. The zero-order valence-corrected chi connectivity index (χ0v) is 13.2. The van der Waals surface area contributed by atoms with Crippen LogP contribution in [-0.4, -0.2) is 36.1 Å². The van der Waals surface area contributed by atoms with Gasteiger partial charge in [0.25, 0.3) is 0 Å². The number of rotatable bonds is 0. The Morgan fingerprint density at radius 2 is 1.74 bits per heavy atom. The molecule has 2 aliphatic heterocycles.